The van der Waals surface area contributed by atoms with Gasteiger partial charge in [-0.1, -0.05) is 32.1 Å². The van der Waals surface area contributed by atoms with Crippen LogP contribution in [0.3, 0.4) is 0 Å². The van der Waals surface area contributed by atoms with Crippen molar-refractivity contribution in [3.05, 3.63) is 0 Å². The zero-order valence-corrected chi connectivity index (χ0v) is 11.0. The lowest BCUT2D eigenvalue weighted by Crippen LogP contribution is -2.45. The van der Waals surface area contributed by atoms with Crippen LogP contribution in [0.1, 0.15) is 57.8 Å². The van der Waals surface area contributed by atoms with Gasteiger partial charge in [-0.05, 0) is 32.7 Å². The van der Waals surface area contributed by atoms with Crippen molar-refractivity contribution in [3.63, 3.8) is 0 Å². The monoisotopic (exact) mass is 241 g/mol. The lowest BCUT2D eigenvalue weighted by atomic mass is 9.92. The Morgan fingerprint density at radius 1 is 0.882 bits per heavy atom. The number of likely N-dealkylation sites (N-methyl/N-ethyl adjacent to an activating group) is 1. The van der Waals surface area contributed by atoms with Gasteiger partial charge in [0.1, 0.15) is 0 Å². The van der Waals surface area contributed by atoms with Gasteiger partial charge in [-0.15, -0.1) is 0 Å². The SMILES string of the molecule is CNC1CCCCC1OC1CCCCCC1O. The second kappa shape index (κ2) is 6.72. The molecule has 17 heavy (non-hydrogen) atoms. The van der Waals surface area contributed by atoms with E-state index in [2.05, 4.69) is 5.32 Å². The molecule has 0 spiro atoms. The molecule has 4 unspecified atom stereocenters. The number of nitrogens with one attached hydrogen (secondary N) is 1. The third-order valence-electron chi connectivity index (χ3n) is 4.34. The summed E-state index contributed by atoms with van der Waals surface area (Å²) in [7, 11) is 2.02. The van der Waals surface area contributed by atoms with Crippen molar-refractivity contribution in [1.82, 2.24) is 5.32 Å². The maximum atomic E-state index is 10.1. The Labute approximate surface area is 105 Å². The number of rotatable bonds is 3. The van der Waals surface area contributed by atoms with Gasteiger partial charge < -0.3 is 15.2 Å². The molecule has 0 heterocycles. The molecule has 2 aliphatic carbocycles. The van der Waals surface area contributed by atoms with Crippen LogP contribution in [-0.4, -0.2) is 36.5 Å². The third kappa shape index (κ3) is 3.67. The highest BCUT2D eigenvalue weighted by molar-refractivity contribution is 4.83. The molecule has 0 amide bonds. The number of hydrogen-bond acceptors (Lipinski definition) is 3. The van der Waals surface area contributed by atoms with Crippen molar-refractivity contribution in [2.24, 2.45) is 0 Å². The minimum absolute atomic E-state index is 0.0800. The number of hydrogen-bond donors (Lipinski definition) is 2. The standard InChI is InChI=1S/C14H27NO2/c1-15-11-7-5-6-9-13(11)17-14-10-4-2-3-8-12(14)16/h11-16H,2-10H2,1H3. The van der Waals surface area contributed by atoms with Crippen LogP contribution in [-0.2, 0) is 4.74 Å². The lowest BCUT2D eigenvalue weighted by molar-refractivity contribution is -0.0985. The molecule has 3 heteroatoms. The Morgan fingerprint density at radius 3 is 2.35 bits per heavy atom. The minimum atomic E-state index is -0.239. The molecule has 2 aliphatic rings. The Hall–Kier alpha value is -0.120. The van der Waals surface area contributed by atoms with Gasteiger partial charge in [-0.2, -0.15) is 0 Å². The summed E-state index contributed by atoms with van der Waals surface area (Å²) in [6.07, 6.45) is 10.6. The molecule has 0 aromatic heterocycles. The van der Waals surface area contributed by atoms with Gasteiger partial charge in [0.2, 0.25) is 0 Å². The van der Waals surface area contributed by atoms with E-state index < -0.39 is 0 Å². The van der Waals surface area contributed by atoms with Crippen LogP contribution in [0.5, 0.6) is 0 Å². The molecule has 4 atom stereocenters. The molecule has 0 saturated heterocycles. The van der Waals surface area contributed by atoms with Gasteiger partial charge in [0.05, 0.1) is 18.3 Å². The van der Waals surface area contributed by atoms with Crippen molar-refractivity contribution in [2.75, 3.05) is 7.05 Å². The fraction of sp³-hybridized carbons (Fsp3) is 1.00. The van der Waals surface area contributed by atoms with Crippen LogP contribution < -0.4 is 5.32 Å². The zero-order chi connectivity index (χ0) is 12.1. The van der Waals surface area contributed by atoms with Crippen molar-refractivity contribution >= 4 is 0 Å². The van der Waals surface area contributed by atoms with E-state index in [1.54, 1.807) is 0 Å². The predicted molar refractivity (Wildman–Crippen MR) is 69.1 cm³/mol. The molecule has 2 fully saturated rings. The van der Waals surface area contributed by atoms with E-state index in [1.165, 1.54) is 32.1 Å². The van der Waals surface area contributed by atoms with Gasteiger partial charge in [0, 0.05) is 6.04 Å². The van der Waals surface area contributed by atoms with Gasteiger partial charge >= 0.3 is 0 Å². The average Bonchev–Trinajstić information content (AvgIpc) is 2.56. The predicted octanol–water partition coefficient (Wildman–Crippen LogP) is 2.23. The van der Waals surface area contributed by atoms with E-state index in [0.717, 1.165) is 25.7 Å². The van der Waals surface area contributed by atoms with Gasteiger partial charge in [-0.3, -0.25) is 0 Å². The summed E-state index contributed by atoms with van der Waals surface area (Å²) in [6, 6.07) is 0.485. The molecule has 2 N–H and O–H groups in total. The van der Waals surface area contributed by atoms with Crippen LogP contribution in [0.2, 0.25) is 0 Å². The first-order chi connectivity index (χ1) is 8.31. The lowest BCUT2D eigenvalue weighted by Gasteiger charge is -2.35. The summed E-state index contributed by atoms with van der Waals surface area (Å²) in [5.74, 6) is 0. The van der Waals surface area contributed by atoms with E-state index in [4.69, 9.17) is 4.74 Å². The topological polar surface area (TPSA) is 41.5 Å². The minimum Gasteiger partial charge on any atom is -0.390 e. The van der Waals surface area contributed by atoms with E-state index in [9.17, 15) is 5.11 Å². The Bertz CT molecular complexity index is 222. The van der Waals surface area contributed by atoms with Crippen LogP contribution in [0.25, 0.3) is 0 Å². The molecule has 0 aliphatic heterocycles. The molecule has 3 nitrogen and oxygen atoms in total. The highest BCUT2D eigenvalue weighted by Gasteiger charge is 2.30. The average molecular weight is 241 g/mol. The van der Waals surface area contributed by atoms with Crippen molar-refractivity contribution < 1.29 is 9.84 Å². The van der Waals surface area contributed by atoms with Crippen LogP contribution in [0.4, 0.5) is 0 Å². The second-order valence-electron chi connectivity index (χ2n) is 5.60. The summed E-state index contributed by atoms with van der Waals surface area (Å²) in [5, 5.41) is 13.5. The molecule has 0 aromatic rings. The van der Waals surface area contributed by atoms with Gasteiger partial charge in [0.15, 0.2) is 0 Å². The van der Waals surface area contributed by atoms with E-state index in [-0.39, 0.29) is 12.2 Å². The number of aliphatic hydroxyl groups excluding tert-OH is 1. The summed E-state index contributed by atoms with van der Waals surface area (Å²) in [6.45, 7) is 0. The van der Waals surface area contributed by atoms with E-state index >= 15 is 0 Å². The molecular weight excluding hydrogens is 214 g/mol. The van der Waals surface area contributed by atoms with Gasteiger partial charge in [0.25, 0.3) is 0 Å². The second-order valence-corrected chi connectivity index (χ2v) is 5.60. The fourth-order valence-electron chi connectivity index (χ4n) is 3.23. The summed E-state index contributed by atoms with van der Waals surface area (Å²) < 4.78 is 6.22. The van der Waals surface area contributed by atoms with Crippen molar-refractivity contribution in [3.8, 4) is 0 Å². The van der Waals surface area contributed by atoms with Crippen LogP contribution in [0.15, 0.2) is 0 Å². The first kappa shape index (κ1) is 13.3. The maximum absolute atomic E-state index is 10.1. The van der Waals surface area contributed by atoms with E-state index in [0.29, 0.717) is 12.1 Å². The number of aliphatic hydroxyl groups is 1. The molecule has 0 radical (unpaired) electrons. The normalized spacial score (nSPS) is 39.9. The molecule has 0 bridgehead atoms. The Balaban J connectivity index is 1.88. The summed E-state index contributed by atoms with van der Waals surface area (Å²) >= 11 is 0. The number of ether oxygens (including phenoxy) is 1. The van der Waals surface area contributed by atoms with Gasteiger partial charge in [-0.25, -0.2) is 0 Å². The Morgan fingerprint density at radius 2 is 1.53 bits per heavy atom. The van der Waals surface area contributed by atoms with Crippen LogP contribution in [0, 0.1) is 0 Å². The molecule has 2 rings (SSSR count). The van der Waals surface area contributed by atoms with Crippen LogP contribution >= 0.6 is 0 Å². The third-order valence-corrected chi connectivity index (χ3v) is 4.34. The van der Waals surface area contributed by atoms with E-state index in [1.807, 2.05) is 7.05 Å². The first-order valence-electron chi connectivity index (χ1n) is 7.32. The highest BCUT2D eigenvalue weighted by Crippen LogP contribution is 2.27. The first-order valence-corrected chi connectivity index (χ1v) is 7.32. The highest BCUT2D eigenvalue weighted by atomic mass is 16.5. The zero-order valence-electron chi connectivity index (χ0n) is 11.0. The van der Waals surface area contributed by atoms with Crippen molar-refractivity contribution in [1.29, 1.82) is 0 Å². The fourth-order valence-corrected chi connectivity index (χ4v) is 3.23. The smallest absolute Gasteiger partial charge is 0.0838 e. The largest absolute Gasteiger partial charge is 0.390 e. The molecule has 2 saturated carbocycles. The van der Waals surface area contributed by atoms with Crippen molar-refractivity contribution in [2.45, 2.75) is 82.1 Å². The quantitative estimate of drug-likeness (QED) is 0.745. The molecule has 100 valence electrons. The molecule has 0 aromatic carbocycles. The Kier molecular flexibility index (Phi) is 5.26. The summed E-state index contributed by atoms with van der Waals surface area (Å²) in [4.78, 5) is 0. The summed E-state index contributed by atoms with van der Waals surface area (Å²) in [5.41, 5.74) is 0. The molecular formula is C14H27NO2. The maximum Gasteiger partial charge on any atom is 0.0838 e.